The molecule has 0 saturated carbocycles. The average Bonchev–Trinajstić information content (AvgIpc) is 1.00. The second kappa shape index (κ2) is 191. The molecule has 0 aromatic carbocycles. The van der Waals surface area contributed by atoms with Crippen molar-refractivity contribution in [3.05, 3.63) is 0 Å². The summed E-state index contributed by atoms with van der Waals surface area (Å²) >= 11 is 0.300. The van der Waals surface area contributed by atoms with Crippen molar-refractivity contribution in [2.45, 2.75) is 0 Å². The first-order valence-corrected chi connectivity index (χ1v) is 1.37. The molecule has 0 unspecified atom stereocenters. The zero-order chi connectivity index (χ0) is 2.00. The maximum absolute atomic E-state index is 8.34. The van der Waals surface area contributed by atoms with E-state index in [9.17, 15) is 0 Å². The van der Waals surface area contributed by atoms with Crippen LogP contribution in [0.4, 0.5) is 0 Å². The Morgan fingerprint density at radius 2 is 0.714 bits per heavy atom. The van der Waals surface area contributed by atoms with E-state index in [0.717, 1.165) is 0 Å². The predicted molar refractivity (Wildman–Crippen MR) is 19.9 cm³/mol. The van der Waals surface area contributed by atoms with E-state index in [1.54, 1.807) is 0 Å². The molecule has 4 N–H and O–H groups in total. The topological polar surface area (TPSA) is 137 Å². The van der Waals surface area contributed by atoms with E-state index in [1.807, 2.05) is 0 Å². The fourth-order valence-corrected chi connectivity index (χ4v) is 0. The van der Waals surface area contributed by atoms with Crippen LogP contribution in [0.25, 0.3) is 0 Å². The van der Waals surface area contributed by atoms with Crippen molar-refractivity contribution in [3.63, 3.8) is 0 Å². The van der Waals surface area contributed by atoms with Crippen LogP contribution in [0, 0.1) is 0 Å². The molecule has 0 bridgehead atoms. The van der Waals surface area contributed by atoms with Crippen molar-refractivity contribution in [2.24, 2.45) is 0 Å². The second-order valence-electron chi connectivity index (χ2n) is 0. The van der Waals surface area contributed by atoms with Gasteiger partial charge in [-0.1, -0.05) is 0 Å². The molecule has 40 valence electrons. The normalized spacial score (nSPS) is 0.857. The van der Waals surface area contributed by atoms with Crippen molar-refractivity contribution in [2.75, 3.05) is 0 Å². The standard InChI is InChI=1S/Mg.4H2O.O.Sn/h;4*1H2;;/q+2;;;;;;+2/p-4. The van der Waals surface area contributed by atoms with Gasteiger partial charge in [0.25, 0.3) is 0 Å². The van der Waals surface area contributed by atoms with E-state index in [2.05, 4.69) is 0 Å². The third-order valence-electron chi connectivity index (χ3n) is 0. The molecule has 0 amide bonds. The Labute approximate surface area is 70.3 Å². The molecule has 0 aromatic heterocycles. The summed E-state index contributed by atoms with van der Waals surface area (Å²) in [5, 5.41) is 0. The first-order valence-electron chi connectivity index (χ1n) is 0.204. The minimum absolute atomic E-state index is 0. The quantitative estimate of drug-likeness (QED) is 0.459. The average molecular weight is 227 g/mol. The molecular weight excluding hydrogens is 223 g/mol. The molecule has 0 fully saturated rings. The van der Waals surface area contributed by atoms with Crippen LogP contribution in [0.2, 0.25) is 0 Å². The summed E-state index contributed by atoms with van der Waals surface area (Å²) in [5.74, 6) is 0. The van der Waals surface area contributed by atoms with E-state index in [0.29, 0.717) is 22.5 Å². The second-order valence-corrected chi connectivity index (χ2v) is 0. The van der Waals surface area contributed by atoms with E-state index >= 15 is 0 Å². The van der Waals surface area contributed by atoms with Crippen LogP contribution in [-0.4, -0.2) is 67.5 Å². The summed E-state index contributed by atoms with van der Waals surface area (Å²) in [6.07, 6.45) is 0. The summed E-state index contributed by atoms with van der Waals surface area (Å²) in [5.41, 5.74) is 0. The summed E-state index contributed by atoms with van der Waals surface area (Å²) < 4.78 is 8.34. The van der Waals surface area contributed by atoms with Crippen LogP contribution in [0.15, 0.2) is 0 Å². The van der Waals surface area contributed by atoms with Crippen LogP contribution in [-0.2, 0) is 3.08 Å². The van der Waals surface area contributed by atoms with Crippen LogP contribution in [0.1, 0.15) is 0 Å². The Kier molecular flexibility index (Phi) is 2390. The zero-order valence-corrected chi connectivity index (χ0v) is 7.67. The van der Waals surface area contributed by atoms with Crippen LogP contribution in [0.5, 0.6) is 0 Å². The molecule has 0 radical (unpaired) electrons. The van der Waals surface area contributed by atoms with Crippen molar-refractivity contribution >= 4 is 45.6 Å². The fraction of sp³-hybridized carbons (Fsp3) is 0. The number of hydrogen-bond donors (Lipinski definition) is 0. The summed E-state index contributed by atoms with van der Waals surface area (Å²) in [6.45, 7) is 0. The summed E-state index contributed by atoms with van der Waals surface area (Å²) in [4.78, 5) is 0. The molecule has 0 aliphatic rings. The van der Waals surface area contributed by atoms with Crippen LogP contribution in [0.3, 0.4) is 0 Å². The minimum atomic E-state index is 0. The zero-order valence-electron chi connectivity index (χ0n) is 3.40. The van der Waals surface area contributed by atoms with Crippen molar-refractivity contribution in [1.29, 1.82) is 0 Å². The molecule has 0 aliphatic carbocycles. The Morgan fingerprint density at radius 1 is 0.714 bits per heavy atom. The first kappa shape index (κ1) is 87.6. The third kappa shape index (κ3) is 134. The van der Waals surface area contributed by atoms with Gasteiger partial charge in [-0.3, -0.25) is 0 Å². The van der Waals surface area contributed by atoms with Crippen molar-refractivity contribution in [1.82, 2.24) is 0 Å². The van der Waals surface area contributed by atoms with E-state index < -0.39 is 0 Å². The molecule has 5 nitrogen and oxygen atoms in total. The van der Waals surface area contributed by atoms with Gasteiger partial charge in [-0.15, -0.1) is 0 Å². The van der Waals surface area contributed by atoms with Gasteiger partial charge in [0.15, 0.2) is 0 Å². The monoisotopic (exact) mass is 228 g/mol. The summed E-state index contributed by atoms with van der Waals surface area (Å²) in [7, 11) is 0. The van der Waals surface area contributed by atoms with Gasteiger partial charge in [-0.25, -0.2) is 0 Å². The number of rotatable bonds is 0. The Bertz CT molecular complexity index is 8.04. The molecule has 7 heteroatoms. The van der Waals surface area contributed by atoms with Gasteiger partial charge in [-0.05, 0) is 0 Å². The third-order valence-corrected chi connectivity index (χ3v) is 0. The van der Waals surface area contributed by atoms with E-state index in [-0.39, 0.29) is 45.0 Å². The fourth-order valence-electron chi connectivity index (χ4n) is 0. The maximum atomic E-state index is 8.34. The van der Waals surface area contributed by atoms with Gasteiger partial charge < -0.3 is 21.9 Å². The van der Waals surface area contributed by atoms with Crippen molar-refractivity contribution < 1.29 is 25.0 Å². The Hall–Kier alpha value is 1.20. The predicted octanol–water partition coefficient (Wildman–Crippen LogP) is -1.59. The van der Waals surface area contributed by atoms with Crippen molar-refractivity contribution in [3.8, 4) is 0 Å². The van der Waals surface area contributed by atoms with Gasteiger partial charge in [0, 0.05) is 0 Å². The molecule has 0 aromatic rings. The van der Waals surface area contributed by atoms with Gasteiger partial charge in [0.05, 0.1) is 0 Å². The van der Waals surface area contributed by atoms with Gasteiger partial charge >= 0.3 is 48.6 Å². The molecule has 0 spiro atoms. The SMILES string of the molecule is [Mg+2].[OH-].[OH-].[OH-].[OH-].[O]=[Sn+2]. The van der Waals surface area contributed by atoms with Gasteiger partial charge in [0.2, 0.25) is 0 Å². The van der Waals surface area contributed by atoms with Gasteiger partial charge in [0.1, 0.15) is 0 Å². The Balaban J connectivity index is -0.000000000500. The molecule has 0 atom stereocenters. The van der Waals surface area contributed by atoms with E-state index in [1.165, 1.54) is 0 Å². The van der Waals surface area contributed by atoms with E-state index in [4.69, 9.17) is 3.08 Å². The van der Waals surface area contributed by atoms with Crippen LogP contribution >= 0.6 is 0 Å². The number of hydrogen-bond acceptors (Lipinski definition) is 5. The molecule has 0 heterocycles. The van der Waals surface area contributed by atoms with Gasteiger partial charge in [-0.2, -0.15) is 0 Å². The van der Waals surface area contributed by atoms with Crippen LogP contribution < -0.4 is 0 Å². The first-order chi connectivity index (χ1) is 1.00. The molecular formula is H4MgO5Sn. The molecule has 0 rings (SSSR count). The summed E-state index contributed by atoms with van der Waals surface area (Å²) in [6, 6.07) is 0. The molecule has 0 aliphatic heterocycles. The Morgan fingerprint density at radius 3 is 0.714 bits per heavy atom. The molecule has 7 heavy (non-hydrogen) atoms. The molecule has 0 saturated heterocycles.